The number of nitrogens with zero attached hydrogens (tertiary/aromatic N) is 1. The third kappa shape index (κ3) is 2.94. The summed E-state index contributed by atoms with van der Waals surface area (Å²) in [7, 11) is 1.98. The molecule has 5 aliphatic carbocycles. The minimum atomic E-state index is -0.957. The topological polar surface area (TPSA) is 68.7 Å². The van der Waals surface area contributed by atoms with Crippen LogP contribution in [0.3, 0.4) is 0 Å². The molecule has 5 aliphatic rings. The Bertz CT molecular complexity index is 963. The van der Waals surface area contributed by atoms with E-state index in [-0.39, 0.29) is 5.56 Å². The maximum Gasteiger partial charge on any atom is 0.337 e. The van der Waals surface area contributed by atoms with Crippen LogP contribution in [-0.2, 0) is 4.74 Å². The van der Waals surface area contributed by atoms with Gasteiger partial charge in [0.1, 0.15) is 0 Å². The van der Waals surface area contributed by atoms with Crippen molar-refractivity contribution < 1.29 is 19.4 Å². The second kappa shape index (κ2) is 7.69. The molecular weight excluding hydrogens is 426 g/mol. The van der Waals surface area contributed by atoms with Gasteiger partial charge in [-0.05, 0) is 104 Å². The molecule has 0 aliphatic heterocycles. The van der Waals surface area contributed by atoms with Crippen molar-refractivity contribution in [3.8, 4) is 5.88 Å². The molecule has 0 radical (unpaired) electrons. The number of aromatic nitrogens is 1. The number of hydrogen-bond donors (Lipinski definition) is 1. The van der Waals surface area contributed by atoms with Crippen molar-refractivity contribution in [2.24, 2.45) is 51.8 Å². The Morgan fingerprint density at radius 2 is 2.00 bits per heavy atom. The third-order valence-corrected chi connectivity index (χ3v) is 12.1. The summed E-state index contributed by atoms with van der Waals surface area (Å²) in [6.07, 6.45) is 12.8. The van der Waals surface area contributed by atoms with Crippen LogP contribution in [0.5, 0.6) is 5.88 Å². The molecule has 1 aromatic rings. The molecule has 5 heteroatoms. The van der Waals surface area contributed by atoms with Crippen LogP contribution in [0.1, 0.15) is 82.5 Å². The van der Waals surface area contributed by atoms with E-state index in [2.05, 4.69) is 25.8 Å². The van der Waals surface area contributed by atoms with E-state index in [1.165, 1.54) is 57.6 Å². The lowest BCUT2D eigenvalue weighted by atomic mass is 9.45. The zero-order valence-electron chi connectivity index (χ0n) is 21.3. The summed E-state index contributed by atoms with van der Waals surface area (Å²) in [5.74, 6) is 4.11. The first-order chi connectivity index (χ1) is 16.2. The summed E-state index contributed by atoms with van der Waals surface area (Å²) in [6.45, 7) is 8.22. The molecule has 1 N–H and O–H groups in total. The highest BCUT2D eigenvalue weighted by molar-refractivity contribution is 5.87. The van der Waals surface area contributed by atoms with E-state index >= 15 is 0 Å². The highest BCUT2D eigenvalue weighted by atomic mass is 16.5. The van der Waals surface area contributed by atoms with Gasteiger partial charge in [0.15, 0.2) is 0 Å². The highest BCUT2D eigenvalue weighted by Gasteiger charge is 2.77. The summed E-state index contributed by atoms with van der Waals surface area (Å²) in [5.41, 5.74) is 1.56. The molecule has 0 bridgehead atoms. The summed E-state index contributed by atoms with van der Waals surface area (Å²) in [4.78, 5) is 15.3. The smallest absolute Gasteiger partial charge is 0.337 e. The van der Waals surface area contributed by atoms with Gasteiger partial charge in [-0.1, -0.05) is 20.8 Å². The molecule has 0 amide bonds. The first-order valence-electron chi connectivity index (χ1n) is 13.6. The number of carboxylic acid groups (broad SMARTS) is 1. The van der Waals surface area contributed by atoms with E-state index < -0.39 is 5.97 Å². The van der Waals surface area contributed by atoms with Crippen molar-refractivity contribution in [3.63, 3.8) is 0 Å². The molecule has 2 unspecified atom stereocenters. The van der Waals surface area contributed by atoms with Gasteiger partial charge in [-0.2, -0.15) is 0 Å². The first-order valence-corrected chi connectivity index (χ1v) is 13.6. The SMILES string of the molecule is COC1C[C@H]2[C@@H]3CC[C@H]([C@H](C)COc4ccc(C(=O)O)cn4)[C@@]3(C)CC[C@@H]2[C@@]2(C)CC[C@@H]3CC132. The summed E-state index contributed by atoms with van der Waals surface area (Å²) < 4.78 is 12.3. The lowest BCUT2D eigenvalue weighted by Crippen LogP contribution is -2.57. The molecule has 1 heterocycles. The Balaban J connectivity index is 1.17. The van der Waals surface area contributed by atoms with Gasteiger partial charge in [0.25, 0.3) is 0 Å². The summed E-state index contributed by atoms with van der Waals surface area (Å²) in [5, 5.41) is 9.08. The van der Waals surface area contributed by atoms with Gasteiger partial charge in [-0.3, -0.25) is 0 Å². The van der Waals surface area contributed by atoms with Crippen LogP contribution in [0.2, 0.25) is 0 Å². The lowest BCUT2D eigenvalue weighted by Gasteiger charge is -2.61. The average molecular weight is 468 g/mol. The molecular formula is C29H41NO4. The van der Waals surface area contributed by atoms with Crippen LogP contribution < -0.4 is 4.74 Å². The van der Waals surface area contributed by atoms with E-state index in [1.54, 1.807) is 12.1 Å². The lowest BCUT2D eigenvalue weighted by molar-refractivity contribution is -0.161. The number of methoxy groups -OCH3 is 1. The van der Waals surface area contributed by atoms with Crippen LogP contribution in [0.15, 0.2) is 18.3 Å². The number of pyridine rings is 1. The van der Waals surface area contributed by atoms with Gasteiger partial charge in [0.2, 0.25) is 5.88 Å². The standard InChI is InChI=1S/C29H41NO4/c1-17(16-34-25-8-5-18(15-30-25)26(31)32)21-6-7-22-20-13-24(33-4)29-14-19(29)9-12-28(29,3)23(20)10-11-27(21,22)2/h5,8,15,17,19-24H,6-7,9-14,16H2,1-4H3,(H,31,32)/t17-,19-,20+,21-,22+,23+,24?,27-,28-,29?/m1/s1. The number of carboxylic acids is 1. The quantitative estimate of drug-likeness (QED) is 0.549. The maximum atomic E-state index is 11.1. The van der Waals surface area contributed by atoms with Crippen LogP contribution >= 0.6 is 0 Å². The molecule has 6 rings (SSSR count). The number of ether oxygens (including phenoxy) is 2. The molecule has 5 nitrogen and oxygen atoms in total. The van der Waals surface area contributed by atoms with Gasteiger partial charge < -0.3 is 14.6 Å². The Kier molecular flexibility index (Phi) is 5.16. The number of aromatic carboxylic acids is 1. The minimum Gasteiger partial charge on any atom is -0.478 e. The Morgan fingerprint density at radius 1 is 1.18 bits per heavy atom. The van der Waals surface area contributed by atoms with Crippen LogP contribution in [0.4, 0.5) is 0 Å². The van der Waals surface area contributed by atoms with Crippen LogP contribution in [0.25, 0.3) is 0 Å². The number of carbonyl (C=O) groups is 1. The van der Waals surface area contributed by atoms with Crippen molar-refractivity contribution in [1.82, 2.24) is 4.98 Å². The summed E-state index contributed by atoms with van der Waals surface area (Å²) >= 11 is 0. The monoisotopic (exact) mass is 467 g/mol. The predicted molar refractivity (Wildman–Crippen MR) is 130 cm³/mol. The van der Waals surface area contributed by atoms with E-state index in [0.29, 0.717) is 46.7 Å². The zero-order chi connectivity index (χ0) is 23.9. The highest BCUT2D eigenvalue weighted by Crippen LogP contribution is 2.82. The van der Waals surface area contributed by atoms with Gasteiger partial charge in [-0.15, -0.1) is 0 Å². The van der Waals surface area contributed by atoms with Crippen molar-refractivity contribution in [2.75, 3.05) is 13.7 Å². The second-order valence-corrected chi connectivity index (χ2v) is 12.9. The molecule has 1 aromatic heterocycles. The Hall–Kier alpha value is -1.62. The summed E-state index contributed by atoms with van der Waals surface area (Å²) in [6, 6.07) is 3.25. The van der Waals surface area contributed by atoms with E-state index in [0.717, 1.165) is 23.7 Å². The molecule has 1 spiro atoms. The Morgan fingerprint density at radius 3 is 2.68 bits per heavy atom. The fourth-order valence-electron chi connectivity index (χ4n) is 10.5. The fourth-order valence-corrected chi connectivity index (χ4v) is 10.5. The van der Waals surface area contributed by atoms with Gasteiger partial charge in [-0.25, -0.2) is 9.78 Å². The van der Waals surface area contributed by atoms with Crippen LogP contribution in [0, 0.1) is 51.8 Å². The number of hydrogen-bond acceptors (Lipinski definition) is 4. The van der Waals surface area contributed by atoms with E-state index in [4.69, 9.17) is 14.6 Å². The molecule has 34 heavy (non-hydrogen) atoms. The van der Waals surface area contributed by atoms with Crippen LogP contribution in [-0.4, -0.2) is 35.9 Å². The van der Waals surface area contributed by atoms with Crippen molar-refractivity contribution >= 4 is 5.97 Å². The zero-order valence-corrected chi connectivity index (χ0v) is 21.3. The molecule has 5 fully saturated rings. The predicted octanol–water partition coefficient (Wildman–Crippen LogP) is 6.08. The van der Waals surface area contributed by atoms with Crippen molar-refractivity contribution in [3.05, 3.63) is 23.9 Å². The van der Waals surface area contributed by atoms with Gasteiger partial charge in [0.05, 0.1) is 18.3 Å². The molecule has 10 atom stereocenters. The first kappa shape index (κ1) is 22.8. The van der Waals surface area contributed by atoms with Crippen molar-refractivity contribution in [1.29, 1.82) is 0 Å². The molecule has 5 saturated carbocycles. The maximum absolute atomic E-state index is 11.1. The fraction of sp³-hybridized carbons (Fsp3) is 0.793. The van der Waals surface area contributed by atoms with E-state index in [1.807, 2.05) is 7.11 Å². The third-order valence-electron chi connectivity index (χ3n) is 12.1. The van der Waals surface area contributed by atoms with Gasteiger partial charge in [0, 0.05) is 24.8 Å². The molecule has 0 saturated heterocycles. The van der Waals surface area contributed by atoms with Crippen molar-refractivity contribution in [2.45, 2.75) is 78.2 Å². The minimum absolute atomic E-state index is 0.195. The number of fused-ring (bicyclic) bond motifs is 4. The largest absolute Gasteiger partial charge is 0.478 e. The molecule has 186 valence electrons. The normalized spacial score (nSPS) is 47.2. The Labute approximate surface area is 204 Å². The molecule has 0 aromatic carbocycles. The van der Waals surface area contributed by atoms with Gasteiger partial charge >= 0.3 is 5.97 Å². The second-order valence-electron chi connectivity index (χ2n) is 12.9. The average Bonchev–Trinajstić information content (AvgIpc) is 3.33. The van der Waals surface area contributed by atoms with E-state index in [9.17, 15) is 4.79 Å². The number of rotatable bonds is 6.